The van der Waals surface area contributed by atoms with Crippen LogP contribution >= 0.6 is 0 Å². The van der Waals surface area contributed by atoms with Crippen LogP contribution in [0.15, 0.2) is 122 Å². The zero-order valence-corrected chi connectivity index (χ0v) is 73.5. The van der Waals surface area contributed by atoms with E-state index in [-0.39, 0.29) is 49.0 Å². The summed E-state index contributed by atoms with van der Waals surface area (Å²) in [5.41, 5.74) is 11.8. The number of ether oxygens (including phenoxy) is 6. The summed E-state index contributed by atoms with van der Waals surface area (Å²) in [6, 6.07) is 29.2. The van der Waals surface area contributed by atoms with Gasteiger partial charge in [0, 0.05) is 161 Å². The summed E-state index contributed by atoms with van der Waals surface area (Å²) in [5.74, 6) is 6.81. The van der Waals surface area contributed by atoms with E-state index in [0.717, 1.165) is 111 Å². The molecule has 672 valence electrons. The summed E-state index contributed by atoms with van der Waals surface area (Å²) >= 11 is 0. The smallest absolute Gasteiger partial charge is 0.319 e. The van der Waals surface area contributed by atoms with Crippen molar-refractivity contribution in [2.75, 3.05) is 172 Å². The first-order chi connectivity index (χ1) is 62.4. The van der Waals surface area contributed by atoms with Crippen molar-refractivity contribution >= 4 is 104 Å². The highest BCUT2D eigenvalue weighted by molar-refractivity contribution is 5.94. The number of benzene rings is 4. The molecule has 2 atom stereocenters. The van der Waals surface area contributed by atoms with E-state index in [2.05, 4.69) is 107 Å². The number of anilines is 8. The molecule has 5 saturated heterocycles. The lowest BCUT2D eigenvalue weighted by molar-refractivity contribution is -0.0179. The maximum Gasteiger partial charge on any atom is 0.319 e. The molecule has 0 radical (unpaired) electrons. The van der Waals surface area contributed by atoms with Crippen molar-refractivity contribution in [2.45, 2.75) is 112 Å². The van der Waals surface area contributed by atoms with E-state index in [1.54, 1.807) is 18.7 Å². The second kappa shape index (κ2) is 41.9. The minimum Gasteiger partial charge on any atom is -0.381 e. The average molecular weight is 1750 g/mol. The van der Waals surface area contributed by atoms with Crippen LogP contribution < -0.4 is 62.1 Å². The number of carbonyl (C=O) groups excluding carboxylic acids is 4. The topological polar surface area (TPSA) is 415 Å². The Balaban J connectivity index is 0.000000132. The van der Waals surface area contributed by atoms with Crippen molar-refractivity contribution in [3.05, 3.63) is 139 Å². The molecule has 8 N–H and O–H groups in total. The maximum atomic E-state index is 16.2. The first-order valence-electron chi connectivity index (χ1n) is 43.6. The summed E-state index contributed by atoms with van der Waals surface area (Å²) in [7, 11) is 1.95. The fourth-order valence-corrected chi connectivity index (χ4v) is 15.7. The molecule has 14 heterocycles. The number of urea groups is 4. The first-order valence-corrected chi connectivity index (χ1v) is 43.6. The van der Waals surface area contributed by atoms with Gasteiger partial charge in [-0.05, 0) is 152 Å². The number of alkyl halides is 1. The van der Waals surface area contributed by atoms with Gasteiger partial charge in [0.25, 0.3) is 0 Å². The summed E-state index contributed by atoms with van der Waals surface area (Å²) in [6.45, 7) is 30.7. The number of morpholine rings is 4. The lowest BCUT2D eigenvalue weighted by atomic mass is 9.95. The van der Waals surface area contributed by atoms with E-state index in [1.165, 1.54) is 6.33 Å². The van der Waals surface area contributed by atoms with Gasteiger partial charge in [-0.15, -0.1) is 0 Å². The number of carbonyl (C=O) groups is 4. The predicted molar refractivity (Wildman–Crippen MR) is 487 cm³/mol. The highest BCUT2D eigenvalue weighted by Crippen LogP contribution is 2.41. The molecule has 0 bridgehead atoms. The van der Waals surface area contributed by atoms with E-state index in [9.17, 15) is 19.2 Å². The fraction of sp³-hybridized carbons (Fsp3) is 0.427. The number of nitrogens with zero attached hydrogens (tertiary/aromatic N) is 20. The molecule has 0 aliphatic carbocycles. The maximum absolute atomic E-state index is 16.2. The standard InChI is InChI=1S/C26H34FN7O3.C25H29N9O2.C19H23N7O2.C19H23N5O3/c1-4-28-25(35)29-19-8-6-18(7-9-19)21-31-22-20(23(32-21)34-12-15-37-16-17(34)3)30-24(33(22)5-2)26(27)10-13-36-14-11-26;1-4-28-25(35)29-19-8-6-17(7-9-19)21-31-23-20(24(32-21)34-10-11-36-14-16(34)3)30-22(33(23)5-2)18-12-26-15-27-13-18;1-3-20-19(27)22-14-6-4-13(5-7-14)16-23-17-15(25(2)12-21-17)18(24-16)26-8-10-28-11-9-26;1-2-20-19(25)21-14-5-3-13(4-6-14)17-22-16-12-27-11-15(16)18(23-17)24-7-9-26-10-8-24/h6-9,17H,4-5,10-16H2,1-3H3,(H2,28,29,35);6-9,12-13,15-16H,4-5,10-11,14H2,1-3H3,(H2,28,29,35);4-7,12H,3,8-11H2,1-2H3,(H2,20,22,27);3-6H,2,7-12H2,1H3,(H2,20,21,25)/t17-;16-;;/m00../s1. The molecule has 8 amide bonds. The van der Waals surface area contributed by atoms with Crippen LogP contribution in [0.5, 0.6) is 0 Å². The Morgan fingerprint density at radius 1 is 0.430 bits per heavy atom. The van der Waals surface area contributed by atoms with Crippen LogP contribution in [-0.2, 0) is 67.4 Å². The molecule has 12 aromatic rings. The molecule has 6 aliphatic rings. The summed E-state index contributed by atoms with van der Waals surface area (Å²) < 4.78 is 55.4. The zero-order valence-electron chi connectivity index (χ0n) is 73.5. The normalized spacial score (nSPS) is 16.6. The van der Waals surface area contributed by atoms with Gasteiger partial charge in [0.15, 0.2) is 74.4 Å². The molecule has 5 fully saturated rings. The Morgan fingerprint density at radius 3 is 1.27 bits per heavy atom. The van der Waals surface area contributed by atoms with Crippen molar-refractivity contribution in [1.82, 2.24) is 99.8 Å². The van der Waals surface area contributed by atoms with Gasteiger partial charge in [-0.25, -0.2) is 88.4 Å². The minimum absolute atomic E-state index is 0.0843. The Hall–Kier alpha value is -13.3. The van der Waals surface area contributed by atoms with Crippen molar-refractivity contribution in [2.24, 2.45) is 7.05 Å². The van der Waals surface area contributed by atoms with Crippen LogP contribution in [0, 0.1) is 0 Å². The van der Waals surface area contributed by atoms with Crippen molar-refractivity contribution in [3.63, 3.8) is 0 Å². The van der Waals surface area contributed by atoms with Crippen molar-refractivity contribution in [3.8, 4) is 56.9 Å². The molecule has 8 aromatic heterocycles. The summed E-state index contributed by atoms with van der Waals surface area (Å²) in [6.07, 6.45) is 7.30. The number of fused-ring (bicyclic) bond motifs is 4. The number of aromatic nitrogens is 16. The number of amides is 8. The number of imidazole rings is 3. The third-order valence-corrected chi connectivity index (χ3v) is 22.3. The van der Waals surface area contributed by atoms with Gasteiger partial charge in [-0.2, -0.15) is 0 Å². The van der Waals surface area contributed by atoms with Crippen LogP contribution in [0.1, 0.15) is 85.3 Å². The van der Waals surface area contributed by atoms with Gasteiger partial charge in [0.05, 0.1) is 109 Å². The molecular weight excluding hydrogens is 1640 g/mol. The van der Waals surface area contributed by atoms with Crippen LogP contribution in [-0.4, -0.2) is 246 Å². The van der Waals surface area contributed by atoms with E-state index in [1.807, 2.05) is 148 Å². The Labute approximate surface area is 739 Å². The van der Waals surface area contributed by atoms with Crippen molar-refractivity contribution in [1.29, 1.82) is 0 Å². The lowest BCUT2D eigenvalue weighted by Crippen LogP contribution is -2.44. The third-order valence-electron chi connectivity index (χ3n) is 22.3. The van der Waals surface area contributed by atoms with Gasteiger partial charge in [-0.1, -0.05) is 0 Å². The van der Waals surface area contributed by atoms with E-state index in [0.29, 0.717) is 200 Å². The Bertz CT molecular complexity index is 5810. The van der Waals surface area contributed by atoms with Gasteiger partial charge in [-0.3, -0.25) is 0 Å². The summed E-state index contributed by atoms with van der Waals surface area (Å²) in [4.78, 5) is 117. The third kappa shape index (κ3) is 20.8. The van der Waals surface area contributed by atoms with E-state index < -0.39 is 5.67 Å². The number of hydrogen-bond donors (Lipinski definition) is 8. The van der Waals surface area contributed by atoms with Crippen LogP contribution in [0.25, 0.3) is 90.4 Å². The number of aryl methyl sites for hydroxylation is 3. The Morgan fingerprint density at radius 2 is 0.828 bits per heavy atom. The van der Waals surface area contributed by atoms with Gasteiger partial charge in [0.2, 0.25) is 0 Å². The second-order valence-electron chi connectivity index (χ2n) is 31.0. The predicted octanol–water partition coefficient (Wildman–Crippen LogP) is 11.4. The number of nitrogens with one attached hydrogen (secondary N) is 8. The molecule has 39 heteroatoms. The molecule has 4 aromatic carbocycles. The number of rotatable bonds is 20. The van der Waals surface area contributed by atoms with E-state index in [4.69, 9.17) is 73.3 Å². The highest BCUT2D eigenvalue weighted by Gasteiger charge is 2.41. The molecule has 6 aliphatic heterocycles. The molecule has 0 spiro atoms. The zero-order chi connectivity index (χ0) is 89.2. The van der Waals surface area contributed by atoms with Crippen LogP contribution in [0.3, 0.4) is 0 Å². The van der Waals surface area contributed by atoms with Gasteiger partial charge >= 0.3 is 24.1 Å². The van der Waals surface area contributed by atoms with E-state index >= 15 is 4.39 Å². The lowest BCUT2D eigenvalue weighted by Gasteiger charge is -2.34. The first kappa shape index (κ1) is 89.5. The Kier molecular flexibility index (Phi) is 29.3. The molecule has 0 unspecified atom stereocenters. The largest absolute Gasteiger partial charge is 0.381 e. The van der Waals surface area contributed by atoms with Gasteiger partial charge in [0.1, 0.15) is 29.3 Å². The van der Waals surface area contributed by atoms with Crippen LogP contribution in [0.4, 0.5) is 69.6 Å². The monoisotopic (exact) mass is 1750 g/mol. The highest BCUT2D eigenvalue weighted by atomic mass is 19.1. The minimum atomic E-state index is -1.57. The van der Waals surface area contributed by atoms with Crippen LogP contribution in [0.2, 0.25) is 0 Å². The molecular formula is C89H109FN28O10. The number of hydrogen-bond acceptors (Lipinski definition) is 27. The number of halogens is 1. The quantitative estimate of drug-likeness (QED) is 0.0351. The molecule has 128 heavy (non-hydrogen) atoms. The van der Waals surface area contributed by atoms with Gasteiger partial charge < -0.3 is 104 Å². The summed E-state index contributed by atoms with van der Waals surface area (Å²) in [5, 5.41) is 22.1. The molecule has 0 saturated carbocycles. The second-order valence-corrected chi connectivity index (χ2v) is 31.0. The average Bonchev–Trinajstić information content (AvgIpc) is 1.58. The molecule has 18 rings (SSSR count). The SMILES string of the molecule is CCNC(=O)Nc1ccc(-c2nc(N3CCOCC3)c3c(ncn3C)n2)cc1.CCNC(=O)Nc1ccc(-c2nc(N3CCOC[C@@H]3C)c3nc(-c4cncnc4)n(CC)c3n2)cc1.CCNC(=O)Nc1ccc(-c2nc(N3CCOC[C@@H]3C)c3nc(C4(F)CCOCC4)n(CC)c3n2)cc1.CCNC(=O)Nc1ccc(-c2nc3c(c(N4CCOCC4)n2)COC3)cc1. The molecule has 38 nitrogen and oxygen atoms in total. The van der Waals surface area contributed by atoms with Crippen molar-refractivity contribution < 1.29 is 52.0 Å². The fourth-order valence-electron chi connectivity index (χ4n) is 15.7.